The van der Waals surface area contributed by atoms with Crippen molar-refractivity contribution in [1.82, 2.24) is 0 Å². The minimum absolute atomic E-state index is 0.141. The highest BCUT2D eigenvalue weighted by Gasteiger charge is 1.85. The zero-order chi connectivity index (χ0) is 8.65. The average Bonchev–Trinajstić information content (AvgIpc) is 2.14. The Morgan fingerprint density at radius 3 is 2.67 bits per heavy atom. The zero-order valence-electron chi connectivity index (χ0n) is 6.66. The monoisotopic (exact) mass is 178 g/mol. The van der Waals surface area contributed by atoms with Crippen molar-refractivity contribution in [2.75, 3.05) is 6.61 Å². The van der Waals surface area contributed by atoms with Crippen LogP contribution >= 0.6 is 11.8 Å². The third-order valence-corrected chi connectivity index (χ3v) is 1.98. The second-order valence-electron chi connectivity index (χ2n) is 2.17. The molecule has 1 rings (SSSR count). The molecule has 0 aliphatic carbocycles. The van der Waals surface area contributed by atoms with Gasteiger partial charge in [0.2, 0.25) is 0 Å². The summed E-state index contributed by atoms with van der Waals surface area (Å²) in [6.07, 6.45) is 0.555. The highest BCUT2D eigenvalue weighted by Crippen LogP contribution is 2.14. The Bertz CT molecular complexity index is 271. The van der Waals surface area contributed by atoms with Gasteiger partial charge in [-0.15, -0.1) is 0 Å². The Morgan fingerprint density at radius 2 is 2.00 bits per heavy atom. The summed E-state index contributed by atoms with van der Waals surface area (Å²) >= 11 is 1.49. The third kappa shape index (κ3) is 3.47. The van der Waals surface area contributed by atoms with Gasteiger partial charge < -0.3 is 5.11 Å². The van der Waals surface area contributed by atoms with E-state index >= 15 is 0 Å². The highest BCUT2D eigenvalue weighted by atomic mass is 32.2. The molecule has 0 bridgehead atoms. The standard InChI is InChI=1S/C10H10OS/c11-8-4-5-9-12-10-6-2-1-3-7-10/h1-3,6-7,11H,4,8H2. The van der Waals surface area contributed by atoms with E-state index in [1.165, 1.54) is 11.8 Å². The molecule has 1 aromatic carbocycles. The maximum atomic E-state index is 8.45. The Kier molecular flexibility index (Phi) is 4.36. The van der Waals surface area contributed by atoms with Crippen LogP contribution in [-0.2, 0) is 0 Å². The van der Waals surface area contributed by atoms with E-state index in [9.17, 15) is 0 Å². The lowest BCUT2D eigenvalue weighted by molar-refractivity contribution is 0.305. The second kappa shape index (κ2) is 5.70. The minimum Gasteiger partial charge on any atom is -0.395 e. The molecule has 1 nitrogen and oxygen atoms in total. The van der Waals surface area contributed by atoms with Gasteiger partial charge in [0.25, 0.3) is 0 Å². The van der Waals surface area contributed by atoms with Crippen LogP contribution in [0.4, 0.5) is 0 Å². The number of thioether (sulfide) groups is 1. The Morgan fingerprint density at radius 1 is 1.25 bits per heavy atom. The first-order valence-electron chi connectivity index (χ1n) is 3.74. The molecule has 0 aliphatic rings. The number of benzene rings is 1. The molecule has 0 atom stereocenters. The summed E-state index contributed by atoms with van der Waals surface area (Å²) in [4.78, 5) is 1.14. The molecular formula is C10H10OS. The third-order valence-electron chi connectivity index (χ3n) is 1.22. The van der Waals surface area contributed by atoms with E-state index in [-0.39, 0.29) is 6.61 Å². The van der Waals surface area contributed by atoms with Crippen LogP contribution in [-0.4, -0.2) is 11.7 Å². The molecular weight excluding hydrogens is 168 g/mol. The topological polar surface area (TPSA) is 20.2 Å². The predicted molar refractivity (Wildman–Crippen MR) is 51.8 cm³/mol. The van der Waals surface area contributed by atoms with Crippen molar-refractivity contribution in [3.63, 3.8) is 0 Å². The van der Waals surface area contributed by atoms with Gasteiger partial charge in [-0.05, 0) is 29.1 Å². The van der Waals surface area contributed by atoms with Crippen LogP contribution in [0.5, 0.6) is 0 Å². The molecule has 0 fully saturated rings. The predicted octanol–water partition coefficient (Wildman–Crippen LogP) is 2.12. The van der Waals surface area contributed by atoms with E-state index in [4.69, 9.17) is 5.11 Å². The van der Waals surface area contributed by atoms with E-state index in [1.807, 2.05) is 30.3 Å². The smallest absolute Gasteiger partial charge is 0.0540 e. The molecule has 12 heavy (non-hydrogen) atoms. The van der Waals surface area contributed by atoms with E-state index in [0.29, 0.717) is 6.42 Å². The Hall–Kier alpha value is -0.910. The summed E-state index contributed by atoms with van der Waals surface area (Å²) < 4.78 is 0. The van der Waals surface area contributed by atoms with Crippen LogP contribution in [0.15, 0.2) is 35.2 Å². The van der Waals surface area contributed by atoms with Gasteiger partial charge in [0.15, 0.2) is 0 Å². The van der Waals surface area contributed by atoms with Crippen molar-refractivity contribution >= 4 is 11.8 Å². The molecule has 0 aromatic heterocycles. The van der Waals surface area contributed by atoms with Crippen molar-refractivity contribution in [2.24, 2.45) is 0 Å². The van der Waals surface area contributed by atoms with Crippen molar-refractivity contribution in [1.29, 1.82) is 0 Å². The molecule has 0 saturated carbocycles. The van der Waals surface area contributed by atoms with Gasteiger partial charge in [-0.2, -0.15) is 0 Å². The minimum atomic E-state index is 0.141. The van der Waals surface area contributed by atoms with Gasteiger partial charge in [-0.25, -0.2) is 0 Å². The molecule has 0 unspecified atom stereocenters. The van der Waals surface area contributed by atoms with Gasteiger partial charge in [-0.1, -0.05) is 24.1 Å². The number of rotatable bonds is 2. The van der Waals surface area contributed by atoms with Crippen LogP contribution in [0, 0.1) is 11.2 Å². The fourth-order valence-corrected chi connectivity index (χ4v) is 1.28. The Labute approximate surface area is 76.8 Å². The van der Waals surface area contributed by atoms with E-state index < -0.39 is 0 Å². The summed E-state index contributed by atoms with van der Waals surface area (Å²) in [7, 11) is 0. The number of aliphatic hydroxyl groups excluding tert-OH is 1. The van der Waals surface area contributed by atoms with Crippen LogP contribution in [0.2, 0.25) is 0 Å². The normalized spacial score (nSPS) is 8.75. The molecule has 1 N–H and O–H groups in total. The molecule has 0 amide bonds. The summed E-state index contributed by atoms with van der Waals surface area (Å²) in [5.41, 5.74) is 0. The second-order valence-corrected chi connectivity index (χ2v) is 3.05. The van der Waals surface area contributed by atoms with Crippen LogP contribution in [0.3, 0.4) is 0 Å². The van der Waals surface area contributed by atoms with Gasteiger partial charge in [0.05, 0.1) is 6.61 Å². The van der Waals surface area contributed by atoms with Crippen molar-refractivity contribution in [2.45, 2.75) is 11.3 Å². The first kappa shape index (κ1) is 9.18. The van der Waals surface area contributed by atoms with Gasteiger partial charge in [-0.3, -0.25) is 0 Å². The van der Waals surface area contributed by atoms with Crippen molar-refractivity contribution in [3.05, 3.63) is 30.3 Å². The van der Waals surface area contributed by atoms with Gasteiger partial charge in [0.1, 0.15) is 0 Å². The molecule has 0 heterocycles. The lowest BCUT2D eigenvalue weighted by Crippen LogP contribution is -1.74. The molecule has 1 aromatic rings. The fourth-order valence-electron chi connectivity index (χ4n) is 0.690. The highest BCUT2D eigenvalue weighted by molar-refractivity contribution is 8.03. The molecule has 2 heteroatoms. The maximum absolute atomic E-state index is 8.45. The summed E-state index contributed by atoms with van der Waals surface area (Å²) in [6.45, 7) is 0.141. The number of aliphatic hydroxyl groups is 1. The van der Waals surface area contributed by atoms with Gasteiger partial charge >= 0.3 is 0 Å². The SMILES string of the molecule is OCCC#CSc1ccccc1. The van der Waals surface area contributed by atoms with Crippen LogP contribution in [0.25, 0.3) is 0 Å². The van der Waals surface area contributed by atoms with E-state index in [1.54, 1.807) is 0 Å². The quantitative estimate of drug-likeness (QED) is 0.553. The van der Waals surface area contributed by atoms with Crippen LogP contribution in [0.1, 0.15) is 6.42 Å². The van der Waals surface area contributed by atoms with Crippen LogP contribution < -0.4 is 0 Å². The van der Waals surface area contributed by atoms with Crippen molar-refractivity contribution < 1.29 is 5.11 Å². The zero-order valence-corrected chi connectivity index (χ0v) is 7.47. The first-order valence-corrected chi connectivity index (χ1v) is 4.56. The summed E-state index contributed by atoms with van der Waals surface area (Å²) in [6, 6.07) is 9.97. The Balaban J connectivity index is 2.40. The lowest BCUT2D eigenvalue weighted by atomic mass is 10.4. The molecule has 0 saturated heterocycles. The molecule has 62 valence electrons. The molecule has 0 aliphatic heterocycles. The van der Waals surface area contributed by atoms with E-state index in [0.717, 1.165) is 4.90 Å². The van der Waals surface area contributed by atoms with Crippen molar-refractivity contribution in [3.8, 4) is 11.2 Å². The molecule has 0 spiro atoms. The first-order chi connectivity index (χ1) is 5.93. The average molecular weight is 178 g/mol. The largest absolute Gasteiger partial charge is 0.395 e. The fraction of sp³-hybridized carbons (Fsp3) is 0.200. The number of hydrogen-bond acceptors (Lipinski definition) is 2. The molecule has 0 radical (unpaired) electrons. The maximum Gasteiger partial charge on any atom is 0.0540 e. The summed E-state index contributed by atoms with van der Waals surface area (Å²) in [5.74, 6) is 2.85. The number of hydrogen-bond donors (Lipinski definition) is 1. The van der Waals surface area contributed by atoms with E-state index in [2.05, 4.69) is 11.2 Å². The van der Waals surface area contributed by atoms with Gasteiger partial charge in [0, 0.05) is 11.3 Å². The summed E-state index contributed by atoms with van der Waals surface area (Å²) in [5, 5.41) is 11.4. The lowest BCUT2D eigenvalue weighted by Gasteiger charge is -1.89.